The van der Waals surface area contributed by atoms with Crippen LogP contribution in [0.25, 0.3) is 0 Å². The second-order valence-electron chi connectivity index (χ2n) is 4.56. The zero-order valence-electron chi connectivity index (χ0n) is 11.0. The van der Waals surface area contributed by atoms with E-state index in [0.29, 0.717) is 11.3 Å². The Balaban J connectivity index is 2.40. The van der Waals surface area contributed by atoms with E-state index < -0.39 is 11.8 Å². The van der Waals surface area contributed by atoms with Crippen LogP contribution in [-0.4, -0.2) is 11.1 Å². The summed E-state index contributed by atoms with van der Waals surface area (Å²) in [5.41, 5.74) is 8.22. The highest BCUT2D eigenvalue weighted by molar-refractivity contribution is 5.78. The molecule has 0 aliphatic heterocycles. The van der Waals surface area contributed by atoms with Gasteiger partial charge in [0.15, 0.2) is 0 Å². The number of carbonyl (C=O) groups is 1. The van der Waals surface area contributed by atoms with Gasteiger partial charge in [-0.25, -0.2) is 4.39 Å². The molecule has 0 radical (unpaired) electrons. The first-order chi connectivity index (χ1) is 9.47. The molecule has 0 unspecified atom stereocenters. The van der Waals surface area contributed by atoms with E-state index in [0.717, 1.165) is 5.56 Å². The van der Waals surface area contributed by atoms with Crippen LogP contribution in [0.1, 0.15) is 11.1 Å². The Morgan fingerprint density at radius 3 is 2.75 bits per heavy atom. The topological polar surface area (TPSA) is 75.3 Å². The lowest BCUT2D eigenvalue weighted by Crippen LogP contribution is -2.06. The van der Waals surface area contributed by atoms with E-state index >= 15 is 0 Å². The quantitative estimate of drug-likeness (QED) is 0.749. The van der Waals surface area contributed by atoms with Crippen LogP contribution in [0, 0.1) is 12.7 Å². The summed E-state index contributed by atoms with van der Waals surface area (Å²) in [4.78, 5) is 10.9. The minimum absolute atomic E-state index is 0.141. The van der Waals surface area contributed by atoms with E-state index in [1.165, 1.54) is 12.1 Å². The second kappa shape index (κ2) is 5.61. The smallest absolute Gasteiger partial charge is 0.307 e. The van der Waals surface area contributed by atoms with Crippen LogP contribution in [-0.2, 0) is 11.2 Å². The van der Waals surface area contributed by atoms with Crippen molar-refractivity contribution in [1.82, 2.24) is 0 Å². The van der Waals surface area contributed by atoms with E-state index in [4.69, 9.17) is 10.8 Å². The highest BCUT2D eigenvalue weighted by Gasteiger charge is 2.11. The molecule has 20 heavy (non-hydrogen) atoms. The summed E-state index contributed by atoms with van der Waals surface area (Å²) in [6, 6.07) is 9.70. The van der Waals surface area contributed by atoms with Crippen LogP contribution in [0.4, 0.5) is 21.5 Å². The number of carboxylic acid groups (broad SMARTS) is 1. The summed E-state index contributed by atoms with van der Waals surface area (Å²) in [7, 11) is 0. The maximum atomic E-state index is 13.8. The van der Waals surface area contributed by atoms with Crippen LogP contribution < -0.4 is 11.1 Å². The van der Waals surface area contributed by atoms with Crippen molar-refractivity contribution in [2.24, 2.45) is 0 Å². The molecule has 2 aromatic rings. The lowest BCUT2D eigenvalue weighted by molar-refractivity contribution is -0.136. The van der Waals surface area contributed by atoms with Crippen molar-refractivity contribution >= 4 is 23.0 Å². The van der Waals surface area contributed by atoms with Gasteiger partial charge in [0.05, 0.1) is 17.8 Å². The van der Waals surface area contributed by atoms with Gasteiger partial charge in [-0.2, -0.15) is 0 Å². The predicted octanol–water partition coefficient (Wildman–Crippen LogP) is 3.09. The molecule has 0 saturated carbocycles. The summed E-state index contributed by atoms with van der Waals surface area (Å²) in [6.45, 7) is 1.87. The minimum atomic E-state index is -0.944. The number of nitrogens with two attached hydrogens (primary N) is 1. The third kappa shape index (κ3) is 3.06. The summed E-state index contributed by atoms with van der Waals surface area (Å²) in [5, 5.41) is 11.8. The minimum Gasteiger partial charge on any atom is -0.481 e. The molecule has 0 aliphatic rings. The molecule has 2 rings (SSSR count). The molecule has 0 aromatic heterocycles. The van der Waals surface area contributed by atoms with Gasteiger partial charge in [-0.1, -0.05) is 23.8 Å². The van der Waals surface area contributed by atoms with Crippen molar-refractivity contribution in [2.75, 3.05) is 11.1 Å². The van der Waals surface area contributed by atoms with E-state index in [-0.39, 0.29) is 17.8 Å². The van der Waals surface area contributed by atoms with Gasteiger partial charge < -0.3 is 16.2 Å². The molecule has 0 aliphatic carbocycles. The second-order valence-corrected chi connectivity index (χ2v) is 4.56. The summed E-state index contributed by atoms with van der Waals surface area (Å²) >= 11 is 0. The number of benzene rings is 2. The molecular formula is C15H15FN2O2. The third-order valence-electron chi connectivity index (χ3n) is 2.91. The number of rotatable bonds is 4. The summed E-state index contributed by atoms with van der Waals surface area (Å²) in [6.07, 6.45) is -0.141. The molecule has 0 bridgehead atoms. The number of carboxylic acids is 1. The van der Waals surface area contributed by atoms with Gasteiger partial charge in [0.2, 0.25) is 0 Å². The number of halogens is 1. The van der Waals surface area contributed by atoms with Crippen LogP contribution in [0.2, 0.25) is 0 Å². The molecule has 0 fully saturated rings. The third-order valence-corrected chi connectivity index (χ3v) is 2.91. The highest BCUT2D eigenvalue weighted by Crippen LogP contribution is 2.28. The molecule has 0 spiro atoms. The maximum Gasteiger partial charge on any atom is 0.307 e. The first-order valence-electron chi connectivity index (χ1n) is 6.09. The first kappa shape index (κ1) is 13.9. The Labute approximate surface area is 116 Å². The molecule has 0 saturated heterocycles. The van der Waals surface area contributed by atoms with E-state index in [2.05, 4.69) is 5.32 Å². The number of anilines is 3. The molecule has 4 N–H and O–H groups in total. The van der Waals surface area contributed by atoms with E-state index in [9.17, 15) is 9.18 Å². The largest absolute Gasteiger partial charge is 0.481 e. The van der Waals surface area contributed by atoms with Gasteiger partial charge in [-0.15, -0.1) is 0 Å². The fourth-order valence-electron chi connectivity index (χ4n) is 1.96. The van der Waals surface area contributed by atoms with E-state index in [1.54, 1.807) is 18.2 Å². The number of para-hydroxylation sites is 1. The lowest BCUT2D eigenvalue weighted by atomic mass is 10.1. The number of aryl methyl sites for hydroxylation is 1. The van der Waals surface area contributed by atoms with Gasteiger partial charge in [0, 0.05) is 5.69 Å². The van der Waals surface area contributed by atoms with Gasteiger partial charge in [-0.3, -0.25) is 4.79 Å². The number of nitrogen functional groups attached to an aromatic ring is 1. The fourth-order valence-corrected chi connectivity index (χ4v) is 1.96. The summed E-state index contributed by atoms with van der Waals surface area (Å²) < 4.78 is 13.8. The van der Waals surface area contributed by atoms with Crippen molar-refractivity contribution in [1.29, 1.82) is 0 Å². The molecular weight excluding hydrogens is 259 g/mol. The van der Waals surface area contributed by atoms with Gasteiger partial charge in [0.25, 0.3) is 0 Å². The molecule has 0 atom stereocenters. The monoisotopic (exact) mass is 274 g/mol. The zero-order chi connectivity index (χ0) is 14.7. The van der Waals surface area contributed by atoms with Crippen LogP contribution in [0.3, 0.4) is 0 Å². The Morgan fingerprint density at radius 1 is 1.35 bits per heavy atom. The SMILES string of the molecule is Cc1ccc(Nc2c(N)cccc2F)c(CC(=O)O)c1. The van der Waals surface area contributed by atoms with Gasteiger partial charge >= 0.3 is 5.97 Å². The van der Waals surface area contributed by atoms with Gasteiger partial charge in [0.1, 0.15) is 5.82 Å². The maximum absolute atomic E-state index is 13.8. The van der Waals surface area contributed by atoms with Crippen LogP contribution >= 0.6 is 0 Å². The van der Waals surface area contributed by atoms with Crippen molar-refractivity contribution in [3.8, 4) is 0 Å². The fraction of sp³-hybridized carbons (Fsp3) is 0.133. The predicted molar refractivity (Wildman–Crippen MR) is 76.6 cm³/mol. The number of hydrogen-bond donors (Lipinski definition) is 3. The summed E-state index contributed by atoms with van der Waals surface area (Å²) in [5.74, 6) is -1.42. The van der Waals surface area contributed by atoms with Gasteiger partial charge in [-0.05, 0) is 30.7 Å². The highest BCUT2D eigenvalue weighted by atomic mass is 19.1. The molecule has 2 aromatic carbocycles. The molecule has 4 nitrogen and oxygen atoms in total. The molecule has 0 amide bonds. The van der Waals surface area contributed by atoms with Crippen molar-refractivity contribution < 1.29 is 14.3 Å². The number of hydrogen-bond acceptors (Lipinski definition) is 3. The average molecular weight is 274 g/mol. The lowest BCUT2D eigenvalue weighted by Gasteiger charge is -2.14. The van der Waals surface area contributed by atoms with Crippen molar-refractivity contribution in [2.45, 2.75) is 13.3 Å². The molecule has 5 heteroatoms. The standard InChI is InChI=1S/C15H15FN2O2/c1-9-5-6-13(10(7-9)8-14(19)20)18-15-11(16)3-2-4-12(15)17/h2-7,18H,8,17H2,1H3,(H,19,20). The Hall–Kier alpha value is -2.56. The normalized spacial score (nSPS) is 10.3. The zero-order valence-corrected chi connectivity index (χ0v) is 11.0. The van der Waals surface area contributed by atoms with Crippen LogP contribution in [0.15, 0.2) is 36.4 Å². The number of aliphatic carboxylic acids is 1. The Bertz CT molecular complexity index is 636. The Kier molecular flexibility index (Phi) is 3.89. The van der Waals surface area contributed by atoms with E-state index in [1.807, 2.05) is 13.0 Å². The van der Waals surface area contributed by atoms with Crippen molar-refractivity contribution in [3.63, 3.8) is 0 Å². The Morgan fingerprint density at radius 2 is 2.10 bits per heavy atom. The average Bonchev–Trinajstić information content (AvgIpc) is 2.35. The van der Waals surface area contributed by atoms with Crippen molar-refractivity contribution in [3.05, 3.63) is 53.3 Å². The number of nitrogens with one attached hydrogen (secondary N) is 1. The molecule has 0 heterocycles. The van der Waals surface area contributed by atoms with Crippen LogP contribution in [0.5, 0.6) is 0 Å². The first-order valence-corrected chi connectivity index (χ1v) is 6.09. The molecule has 104 valence electrons.